The summed E-state index contributed by atoms with van der Waals surface area (Å²) in [4.78, 5) is 0. The average molecular weight is 248 g/mol. The molecule has 1 aliphatic heterocycles. The van der Waals surface area contributed by atoms with Gasteiger partial charge in [0, 0.05) is 12.5 Å². The zero-order chi connectivity index (χ0) is 12.4. The molecule has 1 N–H and O–H groups in total. The molecule has 0 radical (unpaired) electrons. The third-order valence-electron chi connectivity index (χ3n) is 3.69. The highest BCUT2D eigenvalue weighted by Gasteiger charge is 2.25. The van der Waals surface area contributed by atoms with Crippen molar-refractivity contribution in [2.75, 3.05) is 13.2 Å². The smallest absolute Gasteiger partial charge is 0.119 e. The molecule has 1 saturated heterocycles. The van der Waals surface area contributed by atoms with Gasteiger partial charge in [0.2, 0.25) is 0 Å². The third-order valence-corrected chi connectivity index (χ3v) is 3.69. The number of hydrogen-bond acceptors (Lipinski definition) is 3. The van der Waals surface area contributed by atoms with Gasteiger partial charge in [-0.25, -0.2) is 0 Å². The van der Waals surface area contributed by atoms with E-state index < -0.39 is 6.10 Å². The summed E-state index contributed by atoms with van der Waals surface area (Å²) in [5, 5.41) is 10.3. The van der Waals surface area contributed by atoms with E-state index >= 15 is 0 Å². The fraction of sp³-hybridized carbons (Fsp3) is 0.600. The Morgan fingerprint density at radius 1 is 1.17 bits per heavy atom. The highest BCUT2D eigenvalue weighted by atomic mass is 16.5. The van der Waals surface area contributed by atoms with Crippen LogP contribution in [0.25, 0.3) is 0 Å². The van der Waals surface area contributed by atoms with Gasteiger partial charge in [-0.05, 0) is 43.4 Å². The Morgan fingerprint density at radius 3 is 2.56 bits per heavy atom. The van der Waals surface area contributed by atoms with Crippen LogP contribution >= 0.6 is 0 Å². The normalized spacial score (nSPS) is 25.7. The number of hydrogen-bond donors (Lipinski definition) is 1. The molecule has 1 saturated carbocycles. The van der Waals surface area contributed by atoms with Gasteiger partial charge in [-0.1, -0.05) is 12.1 Å². The van der Waals surface area contributed by atoms with Crippen molar-refractivity contribution in [2.24, 2.45) is 5.92 Å². The predicted molar refractivity (Wildman–Crippen MR) is 68.6 cm³/mol. The zero-order valence-electron chi connectivity index (χ0n) is 10.5. The first-order valence-electron chi connectivity index (χ1n) is 6.85. The van der Waals surface area contributed by atoms with Crippen LogP contribution in [0, 0.1) is 5.92 Å². The van der Waals surface area contributed by atoms with E-state index in [0.29, 0.717) is 12.7 Å². The summed E-state index contributed by atoms with van der Waals surface area (Å²) in [6, 6.07) is 7.86. The first-order valence-corrected chi connectivity index (χ1v) is 6.85. The van der Waals surface area contributed by atoms with Crippen molar-refractivity contribution in [3.63, 3.8) is 0 Å². The molecule has 2 fully saturated rings. The van der Waals surface area contributed by atoms with Crippen molar-refractivity contribution in [3.8, 4) is 5.75 Å². The second kappa shape index (κ2) is 5.29. The third kappa shape index (κ3) is 2.85. The molecule has 3 rings (SSSR count). The molecule has 2 aliphatic rings. The van der Waals surface area contributed by atoms with Crippen LogP contribution < -0.4 is 4.74 Å². The lowest BCUT2D eigenvalue weighted by atomic mass is 9.91. The Balaban J connectivity index is 1.63. The number of aliphatic hydroxyl groups excluding tert-OH is 1. The SMILES string of the molecule is OC(c1ccc(OC2CC2)cc1)C1CCCOC1. The second-order valence-electron chi connectivity index (χ2n) is 5.31. The van der Waals surface area contributed by atoms with Crippen LogP contribution in [-0.4, -0.2) is 24.4 Å². The van der Waals surface area contributed by atoms with Crippen molar-refractivity contribution >= 4 is 0 Å². The number of aliphatic hydroxyl groups is 1. The molecule has 2 unspecified atom stereocenters. The molecule has 1 aromatic rings. The standard InChI is InChI=1S/C15H20O3/c16-15(12-2-1-9-17-10-12)11-3-5-13(6-4-11)18-14-7-8-14/h3-6,12,14-16H,1-2,7-10H2. The molecule has 1 aromatic carbocycles. The van der Waals surface area contributed by atoms with E-state index in [9.17, 15) is 5.11 Å². The molecule has 0 aromatic heterocycles. The van der Waals surface area contributed by atoms with E-state index in [-0.39, 0.29) is 5.92 Å². The number of rotatable bonds is 4. The summed E-state index contributed by atoms with van der Waals surface area (Å²) < 4.78 is 11.1. The lowest BCUT2D eigenvalue weighted by molar-refractivity contribution is -0.00997. The Hall–Kier alpha value is -1.06. The molecule has 2 atom stereocenters. The van der Waals surface area contributed by atoms with Gasteiger partial charge in [0.15, 0.2) is 0 Å². The van der Waals surface area contributed by atoms with Crippen LogP contribution in [0.5, 0.6) is 5.75 Å². The van der Waals surface area contributed by atoms with Gasteiger partial charge < -0.3 is 14.6 Å². The maximum Gasteiger partial charge on any atom is 0.119 e. The monoisotopic (exact) mass is 248 g/mol. The van der Waals surface area contributed by atoms with Crippen LogP contribution in [0.4, 0.5) is 0 Å². The predicted octanol–water partition coefficient (Wildman–Crippen LogP) is 2.69. The van der Waals surface area contributed by atoms with Gasteiger partial charge in [0.1, 0.15) is 5.75 Å². The minimum Gasteiger partial charge on any atom is -0.490 e. The van der Waals surface area contributed by atoms with E-state index in [1.807, 2.05) is 24.3 Å². The lowest BCUT2D eigenvalue weighted by Gasteiger charge is -2.27. The van der Waals surface area contributed by atoms with Crippen LogP contribution in [0.15, 0.2) is 24.3 Å². The van der Waals surface area contributed by atoms with Crippen LogP contribution in [0.2, 0.25) is 0 Å². The molecule has 0 amide bonds. The van der Waals surface area contributed by atoms with Gasteiger partial charge in [0.05, 0.1) is 18.8 Å². The van der Waals surface area contributed by atoms with Crippen molar-refractivity contribution in [3.05, 3.63) is 29.8 Å². The molecule has 3 nitrogen and oxygen atoms in total. The van der Waals surface area contributed by atoms with Crippen molar-refractivity contribution in [2.45, 2.75) is 37.9 Å². The van der Waals surface area contributed by atoms with Crippen LogP contribution in [0.3, 0.4) is 0 Å². The summed E-state index contributed by atoms with van der Waals surface area (Å²) in [5.74, 6) is 1.14. The van der Waals surface area contributed by atoms with Gasteiger partial charge in [-0.15, -0.1) is 0 Å². The molecular weight excluding hydrogens is 228 g/mol. The van der Waals surface area contributed by atoms with E-state index in [1.54, 1.807) is 0 Å². The zero-order valence-corrected chi connectivity index (χ0v) is 10.5. The molecule has 0 spiro atoms. The molecule has 1 aliphatic carbocycles. The van der Waals surface area contributed by atoms with Crippen LogP contribution in [-0.2, 0) is 4.74 Å². The van der Waals surface area contributed by atoms with Gasteiger partial charge in [0.25, 0.3) is 0 Å². The van der Waals surface area contributed by atoms with E-state index in [4.69, 9.17) is 9.47 Å². The molecule has 98 valence electrons. The maximum absolute atomic E-state index is 10.3. The minimum atomic E-state index is -0.416. The largest absolute Gasteiger partial charge is 0.490 e. The van der Waals surface area contributed by atoms with Gasteiger partial charge in [-0.2, -0.15) is 0 Å². The van der Waals surface area contributed by atoms with Crippen molar-refractivity contribution in [1.82, 2.24) is 0 Å². The van der Waals surface area contributed by atoms with Gasteiger partial charge >= 0.3 is 0 Å². The summed E-state index contributed by atoms with van der Waals surface area (Å²) in [6.45, 7) is 1.50. The summed E-state index contributed by atoms with van der Waals surface area (Å²) >= 11 is 0. The van der Waals surface area contributed by atoms with Crippen molar-refractivity contribution < 1.29 is 14.6 Å². The van der Waals surface area contributed by atoms with Gasteiger partial charge in [-0.3, -0.25) is 0 Å². The highest BCUT2D eigenvalue weighted by molar-refractivity contribution is 5.29. The molecule has 18 heavy (non-hydrogen) atoms. The first kappa shape index (κ1) is 12.0. The fourth-order valence-corrected chi connectivity index (χ4v) is 2.41. The van der Waals surface area contributed by atoms with E-state index in [1.165, 1.54) is 12.8 Å². The molecule has 0 bridgehead atoms. The Bertz CT molecular complexity index is 377. The number of ether oxygens (including phenoxy) is 2. The quantitative estimate of drug-likeness (QED) is 0.890. The Labute approximate surface area is 108 Å². The summed E-state index contributed by atoms with van der Waals surface area (Å²) in [7, 11) is 0. The average Bonchev–Trinajstić information content (AvgIpc) is 3.24. The highest BCUT2D eigenvalue weighted by Crippen LogP contribution is 2.31. The fourth-order valence-electron chi connectivity index (χ4n) is 2.41. The second-order valence-corrected chi connectivity index (χ2v) is 5.31. The van der Waals surface area contributed by atoms with Crippen molar-refractivity contribution in [1.29, 1.82) is 0 Å². The maximum atomic E-state index is 10.3. The summed E-state index contributed by atoms with van der Waals surface area (Å²) in [6.07, 6.45) is 4.44. The van der Waals surface area contributed by atoms with E-state index in [0.717, 1.165) is 30.8 Å². The number of benzene rings is 1. The summed E-state index contributed by atoms with van der Waals surface area (Å²) in [5.41, 5.74) is 0.966. The lowest BCUT2D eigenvalue weighted by Crippen LogP contribution is -2.23. The topological polar surface area (TPSA) is 38.7 Å². The minimum absolute atomic E-state index is 0.231. The molecule has 3 heteroatoms. The first-order chi connectivity index (χ1) is 8.83. The Morgan fingerprint density at radius 2 is 1.94 bits per heavy atom. The Kier molecular flexibility index (Phi) is 3.52. The van der Waals surface area contributed by atoms with E-state index in [2.05, 4.69) is 0 Å². The van der Waals surface area contributed by atoms with Crippen LogP contribution in [0.1, 0.15) is 37.4 Å². The molecule has 1 heterocycles. The molecular formula is C15H20O3.